The van der Waals surface area contributed by atoms with Gasteiger partial charge in [0, 0.05) is 12.7 Å². The number of para-hydroxylation sites is 2. The van der Waals surface area contributed by atoms with Crippen molar-refractivity contribution in [1.29, 1.82) is 0 Å². The molecule has 2 N–H and O–H groups in total. The Labute approximate surface area is 135 Å². The number of hydrogen-bond acceptors (Lipinski definition) is 4. The minimum absolute atomic E-state index is 0.241. The molecule has 0 aliphatic rings. The molecule has 23 heavy (non-hydrogen) atoms. The van der Waals surface area contributed by atoms with Crippen LogP contribution < -0.4 is 10.1 Å². The van der Waals surface area contributed by atoms with Crippen molar-refractivity contribution in [2.75, 3.05) is 19.0 Å². The molecule has 0 aliphatic carbocycles. The predicted octanol–water partition coefficient (Wildman–Crippen LogP) is 2.83. The van der Waals surface area contributed by atoms with Crippen molar-refractivity contribution in [2.45, 2.75) is 19.6 Å². The molecular weight excluding hydrogens is 290 g/mol. The normalized spacial score (nSPS) is 12.3. The number of aliphatic hydroxyl groups is 1. The Morgan fingerprint density at radius 3 is 2.65 bits per heavy atom. The van der Waals surface area contributed by atoms with E-state index in [2.05, 4.69) is 10.3 Å². The fraction of sp³-hybridized carbons (Fsp3) is 0.278. The fourth-order valence-corrected chi connectivity index (χ4v) is 2.60. The molecule has 2 aromatic carbocycles. The molecule has 3 aromatic rings. The first kappa shape index (κ1) is 15.4. The van der Waals surface area contributed by atoms with E-state index in [1.54, 1.807) is 0 Å². The van der Waals surface area contributed by atoms with Crippen molar-refractivity contribution in [3.63, 3.8) is 0 Å². The van der Waals surface area contributed by atoms with Gasteiger partial charge in [-0.2, -0.15) is 0 Å². The molecule has 5 nitrogen and oxygen atoms in total. The second-order valence-electron chi connectivity index (χ2n) is 5.50. The SMILES string of the molecule is CNc1ccc(OC[C@H](O)Cn2c(C)nc3ccccc32)cc1. The van der Waals surface area contributed by atoms with Gasteiger partial charge in [-0.1, -0.05) is 12.1 Å². The summed E-state index contributed by atoms with van der Waals surface area (Å²) < 4.78 is 7.68. The number of nitrogens with one attached hydrogen (secondary N) is 1. The van der Waals surface area contributed by atoms with Gasteiger partial charge in [0.2, 0.25) is 0 Å². The molecule has 0 spiro atoms. The lowest BCUT2D eigenvalue weighted by Gasteiger charge is -2.15. The van der Waals surface area contributed by atoms with Crippen LogP contribution in [0, 0.1) is 6.92 Å². The topological polar surface area (TPSA) is 59.3 Å². The maximum absolute atomic E-state index is 10.3. The number of nitrogens with zero attached hydrogens (tertiary/aromatic N) is 2. The third kappa shape index (κ3) is 3.46. The van der Waals surface area contributed by atoms with E-state index in [9.17, 15) is 5.11 Å². The van der Waals surface area contributed by atoms with Gasteiger partial charge < -0.3 is 19.7 Å². The summed E-state index contributed by atoms with van der Waals surface area (Å²) in [5, 5.41) is 13.3. The summed E-state index contributed by atoms with van der Waals surface area (Å²) in [5.41, 5.74) is 3.00. The zero-order chi connectivity index (χ0) is 16.2. The molecule has 1 aromatic heterocycles. The van der Waals surface area contributed by atoms with Crippen molar-refractivity contribution in [2.24, 2.45) is 0 Å². The summed E-state index contributed by atoms with van der Waals surface area (Å²) in [4.78, 5) is 4.51. The highest BCUT2D eigenvalue weighted by atomic mass is 16.5. The molecule has 0 fully saturated rings. The summed E-state index contributed by atoms with van der Waals surface area (Å²) in [6.45, 7) is 2.65. The van der Waals surface area contributed by atoms with Crippen LogP contribution in [0.4, 0.5) is 5.69 Å². The van der Waals surface area contributed by atoms with Gasteiger partial charge in [0.25, 0.3) is 0 Å². The third-order valence-corrected chi connectivity index (χ3v) is 3.82. The van der Waals surface area contributed by atoms with Crippen molar-refractivity contribution in [3.05, 3.63) is 54.4 Å². The maximum atomic E-state index is 10.3. The van der Waals surface area contributed by atoms with Gasteiger partial charge in [-0.25, -0.2) is 4.98 Å². The zero-order valence-corrected chi connectivity index (χ0v) is 13.4. The van der Waals surface area contributed by atoms with Crippen LogP contribution in [-0.4, -0.2) is 34.4 Å². The first-order valence-electron chi connectivity index (χ1n) is 7.68. The zero-order valence-electron chi connectivity index (χ0n) is 13.4. The molecule has 0 saturated carbocycles. The van der Waals surface area contributed by atoms with Gasteiger partial charge in [-0.3, -0.25) is 0 Å². The van der Waals surface area contributed by atoms with Crippen molar-refractivity contribution >= 4 is 16.7 Å². The third-order valence-electron chi connectivity index (χ3n) is 3.82. The molecule has 0 amide bonds. The predicted molar refractivity (Wildman–Crippen MR) is 92.0 cm³/mol. The molecular formula is C18H21N3O2. The van der Waals surface area contributed by atoms with Crippen LogP contribution in [-0.2, 0) is 6.54 Å². The van der Waals surface area contributed by atoms with Crippen molar-refractivity contribution in [1.82, 2.24) is 9.55 Å². The number of hydrogen-bond donors (Lipinski definition) is 2. The fourth-order valence-electron chi connectivity index (χ4n) is 2.60. The van der Waals surface area contributed by atoms with Crippen LogP contribution in [0.1, 0.15) is 5.82 Å². The Morgan fingerprint density at radius 1 is 1.17 bits per heavy atom. The van der Waals surface area contributed by atoms with Gasteiger partial charge in [0.1, 0.15) is 24.3 Å². The highest BCUT2D eigenvalue weighted by Crippen LogP contribution is 2.17. The molecule has 5 heteroatoms. The van der Waals surface area contributed by atoms with E-state index in [4.69, 9.17) is 4.74 Å². The summed E-state index contributed by atoms with van der Waals surface area (Å²) in [5.74, 6) is 1.64. The highest BCUT2D eigenvalue weighted by Gasteiger charge is 2.12. The van der Waals surface area contributed by atoms with Crippen LogP contribution in [0.15, 0.2) is 48.5 Å². The second kappa shape index (κ2) is 6.71. The average molecular weight is 311 g/mol. The number of ether oxygens (including phenoxy) is 1. The molecule has 0 radical (unpaired) electrons. The Hall–Kier alpha value is -2.53. The molecule has 120 valence electrons. The Kier molecular flexibility index (Phi) is 4.48. The lowest BCUT2D eigenvalue weighted by atomic mass is 10.3. The Balaban J connectivity index is 1.64. The van der Waals surface area contributed by atoms with Crippen molar-refractivity contribution in [3.8, 4) is 5.75 Å². The van der Waals surface area contributed by atoms with E-state index in [-0.39, 0.29) is 6.61 Å². The smallest absolute Gasteiger partial charge is 0.119 e. The van der Waals surface area contributed by atoms with E-state index in [1.165, 1.54) is 0 Å². The standard InChI is InChI=1S/C18H21N3O2/c1-13-20-17-5-3-4-6-18(17)21(13)11-15(22)12-23-16-9-7-14(19-2)8-10-16/h3-10,15,19,22H,11-12H2,1-2H3/t15-/m1/s1. The van der Waals surface area contributed by atoms with Crippen LogP contribution in [0.25, 0.3) is 11.0 Å². The molecule has 1 atom stereocenters. The summed E-state index contributed by atoms with van der Waals surface area (Å²) in [6.07, 6.45) is -0.602. The van der Waals surface area contributed by atoms with Gasteiger partial charge in [0.15, 0.2) is 0 Å². The summed E-state index contributed by atoms with van der Waals surface area (Å²) >= 11 is 0. The van der Waals surface area contributed by atoms with E-state index < -0.39 is 6.10 Å². The van der Waals surface area contributed by atoms with Crippen LogP contribution in [0.3, 0.4) is 0 Å². The number of aryl methyl sites for hydroxylation is 1. The summed E-state index contributed by atoms with van der Waals surface area (Å²) in [6, 6.07) is 15.6. The summed E-state index contributed by atoms with van der Waals surface area (Å²) in [7, 11) is 1.87. The van der Waals surface area contributed by atoms with E-state index >= 15 is 0 Å². The maximum Gasteiger partial charge on any atom is 0.119 e. The lowest BCUT2D eigenvalue weighted by molar-refractivity contribution is 0.0929. The largest absolute Gasteiger partial charge is 0.491 e. The van der Waals surface area contributed by atoms with Crippen molar-refractivity contribution < 1.29 is 9.84 Å². The van der Waals surface area contributed by atoms with E-state index in [1.807, 2.05) is 67.1 Å². The quantitative estimate of drug-likeness (QED) is 0.735. The van der Waals surface area contributed by atoms with Gasteiger partial charge in [-0.05, 0) is 43.3 Å². The molecule has 0 aliphatic heterocycles. The van der Waals surface area contributed by atoms with E-state index in [0.717, 1.165) is 28.3 Å². The second-order valence-corrected chi connectivity index (χ2v) is 5.50. The average Bonchev–Trinajstić information content (AvgIpc) is 2.89. The van der Waals surface area contributed by atoms with Crippen LogP contribution in [0.2, 0.25) is 0 Å². The minimum atomic E-state index is -0.602. The highest BCUT2D eigenvalue weighted by molar-refractivity contribution is 5.75. The molecule has 0 unspecified atom stereocenters. The van der Waals surface area contributed by atoms with Gasteiger partial charge in [-0.15, -0.1) is 0 Å². The monoisotopic (exact) mass is 311 g/mol. The molecule has 3 rings (SSSR count). The van der Waals surface area contributed by atoms with E-state index in [0.29, 0.717) is 6.54 Å². The minimum Gasteiger partial charge on any atom is -0.491 e. The van der Waals surface area contributed by atoms with Crippen LogP contribution >= 0.6 is 0 Å². The Bertz CT molecular complexity index is 781. The number of benzene rings is 2. The first-order chi connectivity index (χ1) is 11.2. The van der Waals surface area contributed by atoms with Crippen LogP contribution in [0.5, 0.6) is 5.75 Å². The number of imidazole rings is 1. The molecule has 1 heterocycles. The number of anilines is 1. The number of fused-ring (bicyclic) bond motifs is 1. The number of aliphatic hydroxyl groups excluding tert-OH is 1. The first-order valence-corrected chi connectivity index (χ1v) is 7.68. The number of rotatable bonds is 6. The molecule has 0 bridgehead atoms. The van der Waals surface area contributed by atoms with Gasteiger partial charge >= 0.3 is 0 Å². The molecule has 0 saturated heterocycles. The Morgan fingerprint density at radius 2 is 1.91 bits per heavy atom. The lowest BCUT2D eigenvalue weighted by Crippen LogP contribution is -2.24. The van der Waals surface area contributed by atoms with Gasteiger partial charge in [0.05, 0.1) is 17.6 Å². The number of aromatic nitrogens is 2.